The lowest BCUT2D eigenvalue weighted by Gasteiger charge is -2.25. The highest BCUT2D eigenvalue weighted by molar-refractivity contribution is 5.71. The van der Waals surface area contributed by atoms with Gasteiger partial charge in [-0.25, -0.2) is 4.79 Å². The molecule has 0 heterocycles. The van der Waals surface area contributed by atoms with E-state index >= 15 is 0 Å². The number of rotatable bonds is 68. The number of ether oxygens (including phenoxy) is 4. The van der Waals surface area contributed by atoms with Gasteiger partial charge in [-0.1, -0.05) is 339 Å². The van der Waals surface area contributed by atoms with Gasteiger partial charge < -0.3 is 28.5 Å². The molecule has 0 spiro atoms. The Balaban J connectivity index is 3.92. The summed E-state index contributed by atoms with van der Waals surface area (Å²) in [6.45, 7) is 4.80. The van der Waals surface area contributed by atoms with Crippen molar-refractivity contribution in [3.8, 4) is 0 Å². The average Bonchev–Trinajstić information content (AvgIpc) is 3.55. The van der Waals surface area contributed by atoms with Crippen LogP contribution >= 0.6 is 0 Å². The van der Waals surface area contributed by atoms with Crippen molar-refractivity contribution < 1.29 is 42.9 Å². The van der Waals surface area contributed by atoms with Gasteiger partial charge in [-0.05, 0) is 51.4 Å². The van der Waals surface area contributed by atoms with Gasteiger partial charge in [0, 0.05) is 12.8 Å². The quantitative estimate of drug-likeness (QED) is 0.0211. The zero-order chi connectivity index (χ0) is 61.2. The highest BCUT2D eigenvalue weighted by Gasteiger charge is 2.25. The summed E-state index contributed by atoms with van der Waals surface area (Å²) in [7, 11) is 5.98. The number of carbonyl (C=O) groups excluding carboxylic acids is 2. The monoisotopic (exact) mass is 1180 g/mol. The van der Waals surface area contributed by atoms with E-state index in [1.165, 1.54) is 238 Å². The van der Waals surface area contributed by atoms with Crippen molar-refractivity contribution >= 4 is 17.9 Å². The Hall–Kier alpha value is -2.75. The van der Waals surface area contributed by atoms with Gasteiger partial charge in [-0.15, -0.1) is 0 Å². The maximum Gasteiger partial charge on any atom is 0.361 e. The number of hydrogen-bond acceptors (Lipinski definition) is 7. The van der Waals surface area contributed by atoms with Crippen molar-refractivity contribution in [1.82, 2.24) is 0 Å². The van der Waals surface area contributed by atoms with Crippen LogP contribution in [0.1, 0.15) is 354 Å². The summed E-state index contributed by atoms with van der Waals surface area (Å²) in [5.74, 6) is -2.01. The van der Waals surface area contributed by atoms with Crippen LogP contribution in [-0.4, -0.2) is 87.4 Å². The van der Waals surface area contributed by atoms with Crippen LogP contribution in [-0.2, 0) is 33.3 Å². The zero-order valence-corrected chi connectivity index (χ0v) is 56.3. The highest BCUT2D eigenvalue weighted by Crippen LogP contribution is 2.19. The molecule has 0 saturated carbocycles. The third kappa shape index (κ3) is 66.8. The molecule has 0 rings (SSSR count). The maximum atomic E-state index is 12.9. The first-order chi connectivity index (χ1) is 41.1. The van der Waals surface area contributed by atoms with E-state index in [2.05, 4.69) is 62.5 Å². The van der Waals surface area contributed by atoms with Crippen molar-refractivity contribution in [3.05, 3.63) is 48.6 Å². The van der Waals surface area contributed by atoms with E-state index in [0.717, 1.165) is 83.5 Å². The molecule has 2 atom stereocenters. The Morgan fingerprint density at radius 3 is 1.01 bits per heavy atom. The third-order valence-electron chi connectivity index (χ3n) is 16.3. The van der Waals surface area contributed by atoms with Crippen LogP contribution in [0.5, 0.6) is 0 Å². The fourth-order valence-electron chi connectivity index (χ4n) is 10.8. The van der Waals surface area contributed by atoms with Crippen LogP contribution in [0.15, 0.2) is 48.6 Å². The molecule has 84 heavy (non-hydrogen) atoms. The van der Waals surface area contributed by atoms with E-state index in [4.69, 9.17) is 18.9 Å². The summed E-state index contributed by atoms with van der Waals surface area (Å²) < 4.78 is 22.9. The van der Waals surface area contributed by atoms with Crippen LogP contribution in [0.2, 0.25) is 0 Å². The van der Waals surface area contributed by atoms with E-state index in [1.807, 2.05) is 21.1 Å². The lowest BCUT2D eigenvalue weighted by molar-refractivity contribution is -0.870. The predicted molar refractivity (Wildman–Crippen MR) is 360 cm³/mol. The number of carboxylic acid groups (broad SMARTS) is 1. The van der Waals surface area contributed by atoms with Crippen LogP contribution in [0.3, 0.4) is 0 Å². The lowest BCUT2D eigenvalue weighted by atomic mass is 10.0. The number of carboxylic acids is 1. The Bertz CT molecular complexity index is 1520. The van der Waals surface area contributed by atoms with Crippen LogP contribution in [0.4, 0.5) is 0 Å². The van der Waals surface area contributed by atoms with Crippen molar-refractivity contribution in [2.24, 2.45) is 0 Å². The minimum absolute atomic E-state index is 0.185. The van der Waals surface area contributed by atoms with Gasteiger partial charge in [0.05, 0.1) is 34.4 Å². The molecule has 0 aliphatic carbocycles. The number of unbranched alkanes of at least 4 members (excludes halogenated alkanes) is 45. The van der Waals surface area contributed by atoms with Gasteiger partial charge >= 0.3 is 17.9 Å². The molecule has 0 aliphatic heterocycles. The van der Waals surface area contributed by atoms with Gasteiger partial charge in [0.25, 0.3) is 6.29 Å². The summed E-state index contributed by atoms with van der Waals surface area (Å²) in [5, 5.41) is 9.73. The van der Waals surface area contributed by atoms with Gasteiger partial charge in [0.15, 0.2) is 6.10 Å². The summed E-state index contributed by atoms with van der Waals surface area (Å²) in [6, 6.07) is 0. The molecule has 1 N–H and O–H groups in total. The Morgan fingerprint density at radius 1 is 0.369 bits per heavy atom. The van der Waals surface area contributed by atoms with Crippen LogP contribution in [0.25, 0.3) is 0 Å². The summed E-state index contributed by atoms with van der Waals surface area (Å²) in [4.78, 5) is 37.6. The number of aliphatic carboxylic acids is 1. The first-order valence-electron chi connectivity index (χ1n) is 36.3. The number of likely N-dealkylation sites (N-methyl/N-ethyl adjacent to an activating group) is 1. The second kappa shape index (κ2) is 66.2. The number of carbonyl (C=O) groups is 3. The van der Waals surface area contributed by atoms with E-state index < -0.39 is 24.3 Å². The van der Waals surface area contributed by atoms with Gasteiger partial charge in [-0.3, -0.25) is 9.59 Å². The predicted octanol–water partition coefficient (Wildman–Crippen LogP) is 22.5. The van der Waals surface area contributed by atoms with Crippen LogP contribution in [0, 0.1) is 0 Å². The number of quaternary nitrogens is 1. The zero-order valence-electron chi connectivity index (χ0n) is 56.3. The molecule has 0 aromatic rings. The molecule has 0 bridgehead atoms. The SMILES string of the molecule is CC/C=C\C/C=C\C/C=C\C/C=C\CCCCCCCCC(=O)OC(COC(=O)CCCCCCCCCCCCCCCCCCCCCCCCCCCCCCCCCCCCCCCCCC)COC(OCC[N+](C)(C)C)C(=O)O. The van der Waals surface area contributed by atoms with E-state index in [0.29, 0.717) is 23.9 Å². The summed E-state index contributed by atoms with van der Waals surface area (Å²) in [5.41, 5.74) is 0. The molecule has 0 aromatic heterocycles. The number of allylic oxidation sites excluding steroid dienone is 8. The molecule has 9 heteroatoms. The van der Waals surface area contributed by atoms with Crippen molar-refractivity contribution in [3.63, 3.8) is 0 Å². The lowest BCUT2D eigenvalue weighted by Crippen LogP contribution is -2.40. The fraction of sp³-hybridized carbons (Fsp3) is 0.853. The Morgan fingerprint density at radius 2 is 0.679 bits per heavy atom. The number of hydrogen-bond donors (Lipinski definition) is 1. The molecule has 2 unspecified atom stereocenters. The Labute approximate surface area is 521 Å². The standard InChI is InChI=1S/C75H139NO8/c1-6-8-10-12-14-16-18-20-22-24-26-27-28-29-30-31-32-33-34-35-36-37-38-39-40-41-42-43-44-45-46-48-49-51-53-55-57-59-61-63-65-72(77)82-69-71(70-83-75(74(79)80)81-68-67-76(3,4)5)84-73(78)66-64-62-60-58-56-54-52-50-47-25-23-21-19-17-15-13-11-9-7-2/h9,11,15,17,21,23,47,50,71,75H,6-8,10,12-14,16,18-20,22,24-46,48-49,51-70H2,1-5H3/p+1/b11-9-,17-15-,23-21-,50-47-. The normalized spacial score (nSPS) is 12.9. The summed E-state index contributed by atoms with van der Waals surface area (Å²) >= 11 is 0. The first kappa shape index (κ1) is 81.2. The number of esters is 2. The fourth-order valence-corrected chi connectivity index (χ4v) is 10.8. The smallest absolute Gasteiger partial charge is 0.361 e. The molecular formula is C75H140NO8+. The Kier molecular flexibility index (Phi) is 64.0. The van der Waals surface area contributed by atoms with Crippen molar-refractivity contribution in [1.29, 1.82) is 0 Å². The van der Waals surface area contributed by atoms with Crippen molar-refractivity contribution in [2.45, 2.75) is 367 Å². The van der Waals surface area contributed by atoms with Crippen molar-refractivity contribution in [2.75, 3.05) is 47.5 Å². The second-order valence-corrected chi connectivity index (χ2v) is 25.9. The molecule has 0 radical (unpaired) electrons. The number of nitrogens with zero attached hydrogens (tertiary/aromatic N) is 1. The van der Waals surface area contributed by atoms with Crippen LogP contribution < -0.4 is 0 Å². The van der Waals surface area contributed by atoms with Gasteiger partial charge in [-0.2, -0.15) is 0 Å². The first-order valence-corrected chi connectivity index (χ1v) is 36.3. The van der Waals surface area contributed by atoms with Gasteiger partial charge in [0.1, 0.15) is 13.2 Å². The topological polar surface area (TPSA) is 108 Å². The van der Waals surface area contributed by atoms with E-state index in [-0.39, 0.29) is 32.2 Å². The molecule has 0 fully saturated rings. The molecular weight excluding hydrogens is 1040 g/mol. The highest BCUT2D eigenvalue weighted by atomic mass is 16.7. The third-order valence-corrected chi connectivity index (χ3v) is 16.3. The molecule has 0 amide bonds. The van der Waals surface area contributed by atoms with Gasteiger partial charge in [0.2, 0.25) is 0 Å². The largest absolute Gasteiger partial charge is 0.477 e. The average molecular weight is 1180 g/mol. The van der Waals surface area contributed by atoms with E-state index in [1.54, 1.807) is 0 Å². The minimum Gasteiger partial charge on any atom is -0.477 e. The molecule has 0 aliphatic rings. The van der Waals surface area contributed by atoms with E-state index in [9.17, 15) is 19.5 Å². The maximum absolute atomic E-state index is 12.9. The molecule has 9 nitrogen and oxygen atoms in total. The molecule has 0 saturated heterocycles. The summed E-state index contributed by atoms with van der Waals surface area (Å²) in [6.07, 6.45) is 82.7. The second-order valence-electron chi connectivity index (χ2n) is 25.9. The molecule has 492 valence electrons. The molecule has 0 aromatic carbocycles. The minimum atomic E-state index is -1.52.